The van der Waals surface area contributed by atoms with Crippen molar-refractivity contribution in [2.75, 3.05) is 20.7 Å². The molecule has 0 bridgehead atoms. The molecule has 1 aromatic carbocycles. The number of benzene rings is 1. The Labute approximate surface area is 96.0 Å². The third-order valence-electron chi connectivity index (χ3n) is 1.74. The Morgan fingerprint density at radius 1 is 1.53 bits per heavy atom. The van der Waals surface area contributed by atoms with Gasteiger partial charge in [-0.3, -0.25) is 4.79 Å². The van der Waals surface area contributed by atoms with Crippen LogP contribution in [0.1, 0.15) is 0 Å². The fraction of sp³-hybridized carbons (Fsp3) is 0.300. The predicted molar refractivity (Wildman–Crippen MR) is 58.3 cm³/mol. The second-order valence-corrected chi connectivity index (χ2v) is 4.07. The summed E-state index contributed by atoms with van der Waals surface area (Å²) in [5, 5.41) is 0. The van der Waals surface area contributed by atoms with E-state index < -0.39 is 5.82 Å². The van der Waals surface area contributed by atoms with E-state index in [2.05, 4.69) is 15.9 Å². The molecule has 0 atom stereocenters. The molecule has 0 heterocycles. The molecule has 1 aromatic rings. The Morgan fingerprint density at radius 3 is 2.73 bits per heavy atom. The third kappa shape index (κ3) is 3.51. The van der Waals surface area contributed by atoms with Crippen molar-refractivity contribution in [2.24, 2.45) is 0 Å². The summed E-state index contributed by atoms with van der Waals surface area (Å²) in [6.45, 7) is -0.161. The van der Waals surface area contributed by atoms with Crippen molar-refractivity contribution < 1.29 is 13.9 Å². The smallest absolute Gasteiger partial charge is 0.259 e. The summed E-state index contributed by atoms with van der Waals surface area (Å²) >= 11 is 3.13. The molecular formula is C10H11BrFNO2. The lowest BCUT2D eigenvalue weighted by molar-refractivity contribution is -0.130. The summed E-state index contributed by atoms with van der Waals surface area (Å²) in [4.78, 5) is 12.5. The zero-order chi connectivity index (χ0) is 11.4. The second kappa shape index (κ2) is 5.11. The van der Waals surface area contributed by atoms with Gasteiger partial charge >= 0.3 is 0 Å². The first-order valence-corrected chi connectivity index (χ1v) is 5.08. The summed E-state index contributed by atoms with van der Waals surface area (Å²) in [7, 11) is 3.23. The van der Waals surface area contributed by atoms with Gasteiger partial charge in [-0.05, 0) is 18.2 Å². The molecule has 0 fully saturated rings. The Kier molecular flexibility index (Phi) is 4.08. The van der Waals surface area contributed by atoms with E-state index in [-0.39, 0.29) is 18.3 Å². The number of halogens is 2. The molecule has 0 N–H and O–H groups in total. The quantitative estimate of drug-likeness (QED) is 0.845. The van der Waals surface area contributed by atoms with E-state index in [4.69, 9.17) is 4.74 Å². The van der Waals surface area contributed by atoms with E-state index in [1.165, 1.54) is 17.0 Å². The number of nitrogens with zero attached hydrogens (tertiary/aromatic N) is 1. The topological polar surface area (TPSA) is 29.5 Å². The van der Waals surface area contributed by atoms with Crippen LogP contribution in [0.5, 0.6) is 5.75 Å². The Balaban J connectivity index is 2.62. The summed E-state index contributed by atoms with van der Waals surface area (Å²) in [5.41, 5.74) is 0. The summed E-state index contributed by atoms with van der Waals surface area (Å²) in [6.07, 6.45) is 0. The fourth-order valence-electron chi connectivity index (χ4n) is 0.861. The molecule has 0 aliphatic rings. The second-order valence-electron chi connectivity index (χ2n) is 3.15. The molecule has 0 aliphatic heterocycles. The largest absolute Gasteiger partial charge is 0.481 e. The lowest BCUT2D eigenvalue weighted by Crippen LogP contribution is -2.27. The van der Waals surface area contributed by atoms with Gasteiger partial charge in [0.15, 0.2) is 18.2 Å². The summed E-state index contributed by atoms with van der Waals surface area (Å²) < 4.78 is 18.9. The first-order chi connectivity index (χ1) is 7.00. The van der Waals surface area contributed by atoms with Crippen molar-refractivity contribution in [3.05, 3.63) is 28.5 Å². The van der Waals surface area contributed by atoms with Crippen molar-refractivity contribution in [2.45, 2.75) is 0 Å². The highest BCUT2D eigenvalue weighted by Gasteiger charge is 2.08. The maximum Gasteiger partial charge on any atom is 0.259 e. The van der Waals surface area contributed by atoms with Crippen LogP contribution >= 0.6 is 15.9 Å². The molecule has 0 radical (unpaired) electrons. The van der Waals surface area contributed by atoms with Gasteiger partial charge in [-0.15, -0.1) is 0 Å². The predicted octanol–water partition coefficient (Wildman–Crippen LogP) is 2.06. The lowest BCUT2D eigenvalue weighted by Gasteiger charge is -2.11. The van der Waals surface area contributed by atoms with Gasteiger partial charge in [-0.2, -0.15) is 0 Å². The zero-order valence-electron chi connectivity index (χ0n) is 8.46. The number of hydrogen-bond acceptors (Lipinski definition) is 2. The molecule has 1 rings (SSSR count). The number of likely N-dealkylation sites (N-methyl/N-ethyl adjacent to an activating group) is 1. The maximum absolute atomic E-state index is 13.2. The van der Waals surface area contributed by atoms with E-state index >= 15 is 0 Å². The Hall–Kier alpha value is -1.10. The molecule has 1 amide bonds. The maximum atomic E-state index is 13.2. The van der Waals surface area contributed by atoms with Crippen molar-refractivity contribution in [1.29, 1.82) is 0 Å². The molecule has 0 aliphatic carbocycles. The van der Waals surface area contributed by atoms with Gasteiger partial charge in [0.1, 0.15) is 0 Å². The highest BCUT2D eigenvalue weighted by molar-refractivity contribution is 9.10. The molecule has 0 aromatic heterocycles. The van der Waals surface area contributed by atoms with Crippen molar-refractivity contribution >= 4 is 21.8 Å². The van der Waals surface area contributed by atoms with Gasteiger partial charge < -0.3 is 9.64 Å². The van der Waals surface area contributed by atoms with Crippen LogP contribution in [0.15, 0.2) is 22.7 Å². The minimum Gasteiger partial charge on any atom is -0.481 e. The van der Waals surface area contributed by atoms with E-state index in [0.29, 0.717) is 4.47 Å². The van der Waals surface area contributed by atoms with Gasteiger partial charge in [-0.25, -0.2) is 4.39 Å². The van der Waals surface area contributed by atoms with Crippen LogP contribution in [0.25, 0.3) is 0 Å². The highest BCUT2D eigenvalue weighted by Crippen LogP contribution is 2.21. The third-order valence-corrected chi connectivity index (χ3v) is 2.24. The van der Waals surface area contributed by atoms with Crippen LogP contribution in [0.3, 0.4) is 0 Å². The molecule has 0 spiro atoms. The van der Waals surface area contributed by atoms with Crippen molar-refractivity contribution in [1.82, 2.24) is 4.90 Å². The fourth-order valence-corrected chi connectivity index (χ4v) is 1.19. The van der Waals surface area contributed by atoms with Crippen LogP contribution < -0.4 is 4.74 Å². The SMILES string of the molecule is CN(C)C(=O)COc1ccc(Br)cc1F. The lowest BCUT2D eigenvalue weighted by atomic mass is 10.3. The van der Waals surface area contributed by atoms with Crippen LogP contribution in [0, 0.1) is 5.82 Å². The van der Waals surface area contributed by atoms with Gasteiger partial charge in [0.05, 0.1) is 0 Å². The van der Waals surface area contributed by atoms with Gasteiger partial charge in [-0.1, -0.05) is 15.9 Å². The Bertz CT molecular complexity index is 368. The van der Waals surface area contributed by atoms with E-state index in [1.54, 1.807) is 20.2 Å². The molecule has 5 heteroatoms. The van der Waals surface area contributed by atoms with E-state index in [0.717, 1.165) is 0 Å². The normalized spacial score (nSPS) is 9.87. The van der Waals surface area contributed by atoms with Gasteiger partial charge in [0, 0.05) is 18.6 Å². The zero-order valence-corrected chi connectivity index (χ0v) is 10.0. The van der Waals surface area contributed by atoms with E-state index in [9.17, 15) is 9.18 Å². The molecule has 0 saturated heterocycles. The highest BCUT2D eigenvalue weighted by atomic mass is 79.9. The number of hydrogen-bond donors (Lipinski definition) is 0. The number of rotatable bonds is 3. The van der Waals surface area contributed by atoms with Crippen LogP contribution in [0.2, 0.25) is 0 Å². The number of carbonyl (C=O) groups excluding carboxylic acids is 1. The molecular weight excluding hydrogens is 265 g/mol. The molecule has 82 valence electrons. The minimum atomic E-state index is -0.490. The van der Waals surface area contributed by atoms with Crippen LogP contribution in [0.4, 0.5) is 4.39 Å². The first kappa shape index (κ1) is 12.0. The standard InChI is InChI=1S/C10H11BrFNO2/c1-13(2)10(14)6-15-9-4-3-7(11)5-8(9)12/h3-5H,6H2,1-2H3. The Morgan fingerprint density at radius 2 is 2.20 bits per heavy atom. The van der Waals surface area contributed by atoms with Crippen LogP contribution in [-0.4, -0.2) is 31.5 Å². The molecule has 0 saturated carbocycles. The monoisotopic (exact) mass is 275 g/mol. The van der Waals surface area contributed by atoms with Crippen molar-refractivity contribution in [3.63, 3.8) is 0 Å². The summed E-state index contributed by atoms with van der Waals surface area (Å²) in [6, 6.07) is 4.41. The van der Waals surface area contributed by atoms with Gasteiger partial charge in [0.25, 0.3) is 5.91 Å². The summed E-state index contributed by atoms with van der Waals surface area (Å²) in [5.74, 6) is -0.623. The average Bonchev–Trinajstić information content (AvgIpc) is 2.15. The molecule has 3 nitrogen and oxygen atoms in total. The number of ether oxygens (including phenoxy) is 1. The molecule has 15 heavy (non-hydrogen) atoms. The average molecular weight is 276 g/mol. The minimum absolute atomic E-state index is 0.0772. The number of amides is 1. The molecule has 0 unspecified atom stereocenters. The van der Waals surface area contributed by atoms with Crippen LogP contribution in [-0.2, 0) is 4.79 Å². The number of carbonyl (C=O) groups is 1. The first-order valence-electron chi connectivity index (χ1n) is 4.28. The van der Waals surface area contributed by atoms with E-state index in [1.807, 2.05) is 0 Å². The van der Waals surface area contributed by atoms with Gasteiger partial charge in [0.2, 0.25) is 0 Å². The van der Waals surface area contributed by atoms with Crippen molar-refractivity contribution in [3.8, 4) is 5.75 Å².